The van der Waals surface area contributed by atoms with Crippen LogP contribution in [-0.4, -0.2) is 42.5 Å². The van der Waals surface area contributed by atoms with Gasteiger partial charge in [0.1, 0.15) is 5.82 Å². The summed E-state index contributed by atoms with van der Waals surface area (Å²) in [5.41, 5.74) is 1.10. The molecule has 0 unspecified atom stereocenters. The first-order valence-electron chi connectivity index (χ1n) is 6.29. The zero-order valence-corrected chi connectivity index (χ0v) is 11.4. The Kier molecular flexibility index (Phi) is 6.14. The van der Waals surface area contributed by atoms with Crippen LogP contribution in [0, 0.1) is 0 Å². The monoisotopic (exact) mass is 250 g/mol. The minimum atomic E-state index is 0.0530. The fourth-order valence-corrected chi connectivity index (χ4v) is 1.67. The Morgan fingerprint density at radius 3 is 2.67 bits per heavy atom. The van der Waals surface area contributed by atoms with Crippen molar-refractivity contribution in [3.8, 4) is 0 Å². The van der Waals surface area contributed by atoms with Gasteiger partial charge in [-0.3, -0.25) is 9.69 Å². The molecule has 0 saturated heterocycles. The summed E-state index contributed by atoms with van der Waals surface area (Å²) >= 11 is 0. The first-order valence-corrected chi connectivity index (χ1v) is 6.29. The van der Waals surface area contributed by atoms with Crippen LogP contribution in [-0.2, 0) is 11.3 Å². The van der Waals surface area contributed by atoms with Gasteiger partial charge in [0.05, 0.1) is 6.54 Å². The van der Waals surface area contributed by atoms with E-state index in [2.05, 4.69) is 15.6 Å². The minimum absolute atomic E-state index is 0.0530. The fourth-order valence-electron chi connectivity index (χ4n) is 1.67. The maximum atomic E-state index is 11.4. The van der Waals surface area contributed by atoms with Crippen LogP contribution in [0.2, 0.25) is 0 Å². The van der Waals surface area contributed by atoms with Gasteiger partial charge in [-0.25, -0.2) is 4.98 Å². The van der Waals surface area contributed by atoms with E-state index in [0.29, 0.717) is 13.1 Å². The van der Waals surface area contributed by atoms with E-state index >= 15 is 0 Å². The maximum absolute atomic E-state index is 11.4. The van der Waals surface area contributed by atoms with Gasteiger partial charge in [-0.2, -0.15) is 0 Å². The second-order valence-electron chi connectivity index (χ2n) is 4.21. The Morgan fingerprint density at radius 1 is 1.33 bits per heavy atom. The summed E-state index contributed by atoms with van der Waals surface area (Å²) < 4.78 is 0. The molecule has 1 aromatic rings. The smallest absolute Gasteiger partial charge is 0.234 e. The number of nitrogens with one attached hydrogen (secondary N) is 2. The topological polar surface area (TPSA) is 57.3 Å². The van der Waals surface area contributed by atoms with E-state index in [4.69, 9.17) is 0 Å². The average Bonchev–Trinajstić information content (AvgIpc) is 2.32. The molecule has 100 valence electrons. The summed E-state index contributed by atoms with van der Waals surface area (Å²) in [6.07, 6.45) is 1.84. The number of nitrogens with zero attached hydrogens (tertiary/aromatic N) is 2. The minimum Gasteiger partial charge on any atom is -0.370 e. The molecule has 1 rings (SSSR count). The van der Waals surface area contributed by atoms with Gasteiger partial charge in [-0.05, 0) is 32.5 Å². The van der Waals surface area contributed by atoms with Gasteiger partial charge < -0.3 is 10.6 Å². The van der Waals surface area contributed by atoms with Crippen molar-refractivity contribution in [3.63, 3.8) is 0 Å². The molecule has 2 N–H and O–H groups in total. The largest absolute Gasteiger partial charge is 0.370 e. The van der Waals surface area contributed by atoms with E-state index in [9.17, 15) is 4.79 Å². The second-order valence-corrected chi connectivity index (χ2v) is 4.21. The van der Waals surface area contributed by atoms with Crippen LogP contribution >= 0.6 is 0 Å². The number of amides is 1. The lowest BCUT2D eigenvalue weighted by Crippen LogP contribution is -2.34. The highest BCUT2D eigenvalue weighted by atomic mass is 16.1. The van der Waals surface area contributed by atoms with Crippen LogP contribution < -0.4 is 10.6 Å². The van der Waals surface area contributed by atoms with Crippen LogP contribution in [0.5, 0.6) is 0 Å². The number of hydrogen-bond acceptors (Lipinski definition) is 4. The van der Waals surface area contributed by atoms with Crippen molar-refractivity contribution < 1.29 is 4.79 Å². The van der Waals surface area contributed by atoms with Crippen LogP contribution in [0.3, 0.4) is 0 Å². The Labute approximate surface area is 109 Å². The number of carbonyl (C=O) groups excluding carboxylic acids is 1. The number of rotatable bonds is 7. The van der Waals surface area contributed by atoms with Gasteiger partial charge in [0.15, 0.2) is 0 Å². The van der Waals surface area contributed by atoms with E-state index < -0.39 is 0 Å². The lowest BCUT2D eigenvalue weighted by molar-refractivity contribution is -0.121. The average molecular weight is 250 g/mol. The molecule has 0 aliphatic carbocycles. The van der Waals surface area contributed by atoms with Gasteiger partial charge in [0.25, 0.3) is 0 Å². The van der Waals surface area contributed by atoms with Crippen molar-refractivity contribution >= 4 is 11.7 Å². The molecular weight excluding hydrogens is 228 g/mol. The number of aromatic nitrogens is 1. The Balaban J connectivity index is 2.43. The molecule has 0 spiro atoms. The molecule has 0 aliphatic heterocycles. The normalized spacial score (nSPS) is 10.4. The SMILES string of the molecule is CCNC(=O)CN(C)Cc1ccc(NCC)nc1. The molecule has 1 heterocycles. The third kappa shape index (κ3) is 5.14. The maximum Gasteiger partial charge on any atom is 0.234 e. The van der Waals surface area contributed by atoms with E-state index in [1.54, 1.807) is 0 Å². The predicted molar refractivity (Wildman–Crippen MR) is 73.4 cm³/mol. The first-order chi connectivity index (χ1) is 8.65. The van der Waals surface area contributed by atoms with Gasteiger partial charge in [-0.15, -0.1) is 0 Å². The molecule has 5 heteroatoms. The van der Waals surface area contributed by atoms with E-state index in [0.717, 1.165) is 24.5 Å². The number of hydrogen-bond donors (Lipinski definition) is 2. The van der Waals surface area contributed by atoms with Gasteiger partial charge in [0.2, 0.25) is 5.91 Å². The Morgan fingerprint density at radius 2 is 2.11 bits per heavy atom. The summed E-state index contributed by atoms with van der Waals surface area (Å²) in [7, 11) is 1.92. The second kappa shape index (κ2) is 7.66. The Hall–Kier alpha value is -1.62. The Bertz CT molecular complexity index is 364. The standard InChI is InChI=1S/C13H22N4O/c1-4-14-12-7-6-11(8-16-12)9-17(3)10-13(18)15-5-2/h6-8H,4-5,9-10H2,1-3H3,(H,14,16)(H,15,18). The molecule has 18 heavy (non-hydrogen) atoms. The predicted octanol–water partition coefficient (Wildman–Crippen LogP) is 1.08. The lowest BCUT2D eigenvalue weighted by atomic mass is 10.2. The number of pyridine rings is 1. The van der Waals surface area contributed by atoms with Crippen LogP contribution in [0.4, 0.5) is 5.82 Å². The van der Waals surface area contributed by atoms with Crippen molar-refractivity contribution in [2.45, 2.75) is 20.4 Å². The summed E-state index contributed by atoms with van der Waals surface area (Å²) in [5.74, 6) is 0.935. The molecular formula is C13H22N4O. The molecule has 0 atom stereocenters. The molecule has 5 nitrogen and oxygen atoms in total. The third-order valence-corrected chi connectivity index (χ3v) is 2.42. The molecule has 0 aliphatic rings. The zero-order valence-electron chi connectivity index (χ0n) is 11.4. The lowest BCUT2D eigenvalue weighted by Gasteiger charge is -2.16. The molecule has 0 fully saturated rings. The van der Waals surface area contributed by atoms with Crippen molar-refractivity contribution in [2.24, 2.45) is 0 Å². The number of carbonyl (C=O) groups is 1. The molecule has 0 radical (unpaired) electrons. The van der Waals surface area contributed by atoms with E-state index in [1.165, 1.54) is 0 Å². The van der Waals surface area contributed by atoms with Gasteiger partial charge in [-0.1, -0.05) is 6.07 Å². The van der Waals surface area contributed by atoms with Crippen molar-refractivity contribution in [2.75, 3.05) is 32.0 Å². The third-order valence-electron chi connectivity index (χ3n) is 2.42. The highest BCUT2D eigenvalue weighted by molar-refractivity contribution is 5.77. The van der Waals surface area contributed by atoms with Crippen LogP contribution in [0.15, 0.2) is 18.3 Å². The highest BCUT2D eigenvalue weighted by Gasteiger charge is 2.06. The molecule has 1 aromatic heterocycles. The number of anilines is 1. The summed E-state index contributed by atoms with van der Waals surface area (Å²) in [6.45, 7) is 6.62. The van der Waals surface area contributed by atoms with Crippen LogP contribution in [0.1, 0.15) is 19.4 Å². The zero-order chi connectivity index (χ0) is 13.4. The molecule has 1 amide bonds. The molecule has 0 bridgehead atoms. The quantitative estimate of drug-likeness (QED) is 0.760. The van der Waals surface area contributed by atoms with E-state index in [-0.39, 0.29) is 5.91 Å². The summed E-state index contributed by atoms with van der Waals surface area (Å²) in [4.78, 5) is 17.7. The van der Waals surface area contributed by atoms with Crippen molar-refractivity contribution in [1.29, 1.82) is 0 Å². The summed E-state index contributed by atoms with van der Waals surface area (Å²) in [6, 6.07) is 3.98. The first kappa shape index (κ1) is 14.4. The number of likely N-dealkylation sites (N-methyl/N-ethyl adjacent to an activating group) is 2. The fraction of sp³-hybridized carbons (Fsp3) is 0.538. The summed E-state index contributed by atoms with van der Waals surface area (Å²) in [5, 5.41) is 5.93. The van der Waals surface area contributed by atoms with Crippen LogP contribution in [0.25, 0.3) is 0 Å². The molecule has 0 saturated carbocycles. The van der Waals surface area contributed by atoms with E-state index in [1.807, 2.05) is 44.1 Å². The van der Waals surface area contributed by atoms with Gasteiger partial charge >= 0.3 is 0 Å². The van der Waals surface area contributed by atoms with Gasteiger partial charge in [0, 0.05) is 25.8 Å². The van der Waals surface area contributed by atoms with Crippen molar-refractivity contribution in [1.82, 2.24) is 15.2 Å². The molecule has 0 aromatic carbocycles. The van der Waals surface area contributed by atoms with Crippen molar-refractivity contribution in [3.05, 3.63) is 23.9 Å². The highest BCUT2D eigenvalue weighted by Crippen LogP contribution is 2.06.